The second-order valence-corrected chi connectivity index (χ2v) is 3.81. The van der Waals surface area contributed by atoms with E-state index in [1.807, 2.05) is 6.08 Å². The van der Waals surface area contributed by atoms with Crippen molar-refractivity contribution in [2.75, 3.05) is 0 Å². The highest BCUT2D eigenvalue weighted by Crippen LogP contribution is 2.21. The van der Waals surface area contributed by atoms with Gasteiger partial charge < -0.3 is 9.84 Å². The molecule has 4 heteroatoms. The fourth-order valence-electron chi connectivity index (χ4n) is 1.79. The van der Waals surface area contributed by atoms with Crippen LogP contribution in [0.15, 0.2) is 12.2 Å². The van der Waals surface area contributed by atoms with Gasteiger partial charge in [-0.3, -0.25) is 4.79 Å². The van der Waals surface area contributed by atoms with Crippen LogP contribution in [-0.2, 0) is 9.53 Å². The number of ketones is 1. The number of ether oxygens (including phenoxy) is 1. The van der Waals surface area contributed by atoms with Gasteiger partial charge in [0.2, 0.25) is 0 Å². The molecule has 0 spiro atoms. The number of allylic oxidation sites excluding steroid dienone is 1. The largest absolute Gasteiger partial charge is 0.506 e. The molecule has 0 bridgehead atoms. The van der Waals surface area contributed by atoms with Gasteiger partial charge in [-0.2, -0.15) is 0 Å². The molecule has 1 aliphatic rings. The Hall–Kier alpha value is -1.32. The maximum Gasteiger partial charge on any atom is 0.506 e. The van der Waals surface area contributed by atoms with E-state index in [9.17, 15) is 9.59 Å². The Bertz CT molecular complexity index is 270. The van der Waals surface area contributed by atoms with Crippen molar-refractivity contribution < 1.29 is 19.4 Å². The Balaban J connectivity index is 2.53. The molecular formula is C11H16O4. The molecule has 0 aromatic heterocycles. The zero-order valence-corrected chi connectivity index (χ0v) is 8.81. The monoisotopic (exact) mass is 212 g/mol. The topological polar surface area (TPSA) is 63.6 Å². The number of hydrogen-bond donors (Lipinski definition) is 1. The van der Waals surface area contributed by atoms with E-state index < -0.39 is 12.3 Å². The molecule has 15 heavy (non-hydrogen) atoms. The van der Waals surface area contributed by atoms with Crippen molar-refractivity contribution in [2.24, 2.45) is 5.92 Å². The van der Waals surface area contributed by atoms with Crippen LogP contribution in [0.25, 0.3) is 0 Å². The van der Waals surface area contributed by atoms with Gasteiger partial charge in [-0.1, -0.05) is 6.08 Å². The summed E-state index contributed by atoms with van der Waals surface area (Å²) in [4.78, 5) is 21.6. The third-order valence-electron chi connectivity index (χ3n) is 2.66. The van der Waals surface area contributed by atoms with Crippen molar-refractivity contribution >= 4 is 11.9 Å². The first-order valence-corrected chi connectivity index (χ1v) is 5.16. The second kappa shape index (κ2) is 5.53. The van der Waals surface area contributed by atoms with Gasteiger partial charge in [0.05, 0.1) is 0 Å². The van der Waals surface area contributed by atoms with Crippen molar-refractivity contribution in [3.63, 3.8) is 0 Å². The third-order valence-corrected chi connectivity index (χ3v) is 2.66. The van der Waals surface area contributed by atoms with E-state index in [2.05, 4.69) is 4.74 Å². The lowest BCUT2D eigenvalue weighted by Gasteiger charge is -2.19. The Morgan fingerprint density at radius 1 is 1.33 bits per heavy atom. The van der Waals surface area contributed by atoms with Gasteiger partial charge in [0.15, 0.2) is 0 Å². The van der Waals surface area contributed by atoms with Crippen molar-refractivity contribution in [3.8, 4) is 0 Å². The summed E-state index contributed by atoms with van der Waals surface area (Å²) in [5, 5.41) is 8.48. The summed E-state index contributed by atoms with van der Waals surface area (Å²) in [5.41, 5.74) is 0. The predicted molar refractivity (Wildman–Crippen MR) is 54.7 cm³/mol. The molecule has 0 radical (unpaired) electrons. The molecule has 0 saturated heterocycles. The van der Waals surface area contributed by atoms with E-state index in [4.69, 9.17) is 5.11 Å². The average Bonchev–Trinajstić information content (AvgIpc) is 2.08. The maximum atomic E-state index is 11.2. The van der Waals surface area contributed by atoms with Gasteiger partial charge in [0.25, 0.3) is 0 Å². The fourth-order valence-corrected chi connectivity index (χ4v) is 1.79. The summed E-state index contributed by atoms with van der Waals surface area (Å²) in [7, 11) is 0. The van der Waals surface area contributed by atoms with E-state index in [1.165, 1.54) is 0 Å². The van der Waals surface area contributed by atoms with Crippen molar-refractivity contribution in [1.29, 1.82) is 0 Å². The molecule has 1 aliphatic carbocycles. The van der Waals surface area contributed by atoms with E-state index in [1.54, 1.807) is 13.0 Å². The first-order chi connectivity index (χ1) is 7.09. The van der Waals surface area contributed by atoms with Crippen LogP contribution >= 0.6 is 0 Å². The minimum Gasteiger partial charge on any atom is -0.450 e. The molecule has 0 aliphatic heterocycles. The van der Waals surface area contributed by atoms with Crippen molar-refractivity contribution in [1.82, 2.24) is 0 Å². The first-order valence-electron chi connectivity index (χ1n) is 5.16. The van der Waals surface area contributed by atoms with Crippen LogP contribution in [0.4, 0.5) is 4.79 Å². The second-order valence-electron chi connectivity index (χ2n) is 3.81. The first kappa shape index (κ1) is 11.8. The van der Waals surface area contributed by atoms with Crippen LogP contribution in [-0.4, -0.2) is 23.1 Å². The maximum absolute atomic E-state index is 11.2. The minimum atomic E-state index is -1.26. The van der Waals surface area contributed by atoms with Crippen LogP contribution in [0.5, 0.6) is 0 Å². The predicted octanol–water partition coefficient (Wildman–Crippen LogP) is 2.39. The SMILES string of the molecule is CC(=O)C1CC/C=C/C(OC(=O)O)CC1. The number of Topliss-reactive ketones (excluding diaryl/α,β-unsaturated/α-hetero) is 1. The van der Waals surface area contributed by atoms with Crippen molar-refractivity contribution in [3.05, 3.63) is 12.2 Å². The number of carboxylic acid groups (broad SMARTS) is 1. The molecule has 2 atom stereocenters. The quantitative estimate of drug-likeness (QED) is 0.563. The Morgan fingerprint density at radius 3 is 2.67 bits per heavy atom. The number of carbonyl (C=O) groups excluding carboxylic acids is 1. The molecule has 2 unspecified atom stereocenters. The summed E-state index contributed by atoms with van der Waals surface area (Å²) in [6.07, 6.45) is 4.96. The van der Waals surface area contributed by atoms with Crippen molar-refractivity contribution in [2.45, 2.75) is 38.7 Å². The molecule has 0 saturated carbocycles. The summed E-state index contributed by atoms with van der Waals surface area (Å²) >= 11 is 0. The van der Waals surface area contributed by atoms with Crippen LogP contribution in [0.2, 0.25) is 0 Å². The van der Waals surface area contributed by atoms with Gasteiger partial charge in [0, 0.05) is 5.92 Å². The zero-order valence-electron chi connectivity index (χ0n) is 8.81. The summed E-state index contributed by atoms with van der Waals surface area (Å²) in [5.74, 6) is 0.231. The molecule has 0 amide bonds. The number of hydrogen-bond acceptors (Lipinski definition) is 3. The molecule has 0 aromatic carbocycles. The average molecular weight is 212 g/mol. The van der Waals surface area contributed by atoms with Crippen LogP contribution < -0.4 is 0 Å². The molecular weight excluding hydrogens is 196 g/mol. The van der Waals surface area contributed by atoms with Gasteiger partial charge >= 0.3 is 6.16 Å². The Kier molecular flexibility index (Phi) is 4.34. The van der Waals surface area contributed by atoms with Gasteiger partial charge in [-0.05, 0) is 38.7 Å². The van der Waals surface area contributed by atoms with E-state index in [0.717, 1.165) is 12.8 Å². The highest BCUT2D eigenvalue weighted by molar-refractivity contribution is 5.78. The minimum absolute atomic E-state index is 0.0508. The molecule has 1 rings (SSSR count). The Labute approximate surface area is 88.9 Å². The normalized spacial score (nSPS) is 28.6. The smallest absolute Gasteiger partial charge is 0.450 e. The lowest BCUT2D eigenvalue weighted by atomic mass is 9.90. The zero-order chi connectivity index (χ0) is 11.3. The standard InChI is InChI=1S/C11H16O4/c1-8(12)9-4-2-3-5-10(7-6-9)15-11(13)14/h3,5,9-10H,2,4,6-7H2,1H3,(H,13,14)/b5-3+. The summed E-state index contributed by atoms with van der Waals surface area (Å²) < 4.78 is 4.67. The van der Waals surface area contributed by atoms with Crippen LogP contribution in [0.3, 0.4) is 0 Å². The fraction of sp³-hybridized carbons (Fsp3) is 0.636. The number of rotatable bonds is 2. The van der Waals surface area contributed by atoms with E-state index in [-0.39, 0.29) is 11.7 Å². The highest BCUT2D eigenvalue weighted by Gasteiger charge is 2.19. The molecule has 0 heterocycles. The van der Waals surface area contributed by atoms with E-state index >= 15 is 0 Å². The van der Waals surface area contributed by atoms with Crippen LogP contribution in [0.1, 0.15) is 32.6 Å². The highest BCUT2D eigenvalue weighted by atomic mass is 16.7. The molecule has 84 valence electrons. The van der Waals surface area contributed by atoms with Gasteiger partial charge in [0.1, 0.15) is 11.9 Å². The number of carbonyl (C=O) groups is 2. The Morgan fingerprint density at radius 2 is 2.07 bits per heavy atom. The molecule has 0 fully saturated rings. The lowest BCUT2D eigenvalue weighted by molar-refractivity contribution is -0.121. The van der Waals surface area contributed by atoms with E-state index in [0.29, 0.717) is 12.8 Å². The third kappa shape index (κ3) is 4.14. The molecule has 0 aromatic rings. The van der Waals surface area contributed by atoms with Gasteiger partial charge in [-0.15, -0.1) is 0 Å². The summed E-state index contributed by atoms with van der Waals surface area (Å²) in [6.45, 7) is 1.59. The lowest BCUT2D eigenvalue weighted by Crippen LogP contribution is -2.20. The summed E-state index contributed by atoms with van der Waals surface area (Å²) in [6, 6.07) is 0. The molecule has 1 N–H and O–H groups in total. The van der Waals surface area contributed by atoms with Crippen LogP contribution in [0, 0.1) is 5.92 Å². The molecule has 4 nitrogen and oxygen atoms in total. The van der Waals surface area contributed by atoms with Gasteiger partial charge in [-0.25, -0.2) is 4.79 Å².